The molecule has 0 fully saturated rings. The first-order valence-electron chi connectivity index (χ1n) is 4.91. The Bertz CT molecular complexity index is 515. The molecule has 0 spiro atoms. The van der Waals surface area contributed by atoms with Crippen molar-refractivity contribution in [3.63, 3.8) is 0 Å². The second kappa shape index (κ2) is 5.53. The molecule has 0 N–H and O–H groups in total. The fourth-order valence-corrected chi connectivity index (χ4v) is 1.95. The zero-order valence-corrected chi connectivity index (χ0v) is 10.3. The summed E-state index contributed by atoms with van der Waals surface area (Å²) in [6.45, 7) is 1.12. The standard InChI is InChI=1S/C11H11F3O3S/c1-9-3-5-10(6-4-9)18(15,16)17-8-2-7-11(12,13)14/h2-7H,8H2,1H3/b7-2+. The Balaban J connectivity index is 2.66. The average Bonchev–Trinajstić information content (AvgIpc) is 2.24. The molecule has 0 atom stereocenters. The molecule has 0 aliphatic carbocycles. The van der Waals surface area contributed by atoms with Crippen LogP contribution in [0.25, 0.3) is 0 Å². The molecule has 100 valence electrons. The van der Waals surface area contributed by atoms with Crippen molar-refractivity contribution in [3.8, 4) is 0 Å². The van der Waals surface area contributed by atoms with Gasteiger partial charge in [-0.1, -0.05) is 23.8 Å². The summed E-state index contributed by atoms with van der Waals surface area (Å²) in [7, 11) is -4.01. The van der Waals surface area contributed by atoms with Crippen molar-refractivity contribution in [2.75, 3.05) is 6.61 Å². The Labute approximate surface area is 103 Å². The second-order valence-electron chi connectivity index (χ2n) is 3.50. The summed E-state index contributed by atoms with van der Waals surface area (Å²) >= 11 is 0. The summed E-state index contributed by atoms with van der Waals surface area (Å²) in [6.07, 6.45) is -3.94. The average molecular weight is 280 g/mol. The molecule has 0 aliphatic rings. The summed E-state index contributed by atoms with van der Waals surface area (Å²) in [4.78, 5) is -0.0893. The van der Waals surface area contributed by atoms with Gasteiger partial charge in [-0.3, -0.25) is 4.18 Å². The SMILES string of the molecule is Cc1ccc(S(=O)(=O)OC/C=C/C(F)(F)F)cc1. The third-order valence-electron chi connectivity index (χ3n) is 1.94. The topological polar surface area (TPSA) is 43.4 Å². The largest absolute Gasteiger partial charge is 0.409 e. The van der Waals surface area contributed by atoms with Gasteiger partial charge < -0.3 is 0 Å². The van der Waals surface area contributed by atoms with Crippen LogP contribution in [0.3, 0.4) is 0 Å². The van der Waals surface area contributed by atoms with Crippen LogP contribution in [0.5, 0.6) is 0 Å². The molecule has 1 aromatic carbocycles. The summed E-state index contributed by atoms with van der Waals surface area (Å²) in [5.41, 5.74) is 0.867. The van der Waals surface area contributed by atoms with E-state index in [9.17, 15) is 21.6 Å². The number of alkyl halides is 3. The van der Waals surface area contributed by atoms with Crippen molar-refractivity contribution in [1.29, 1.82) is 0 Å². The van der Waals surface area contributed by atoms with Crippen molar-refractivity contribution >= 4 is 10.1 Å². The summed E-state index contributed by atoms with van der Waals surface area (Å²) in [6, 6.07) is 5.81. The number of hydrogen-bond acceptors (Lipinski definition) is 3. The molecule has 0 radical (unpaired) electrons. The number of halogens is 3. The van der Waals surface area contributed by atoms with Gasteiger partial charge >= 0.3 is 6.18 Å². The molecular weight excluding hydrogens is 269 g/mol. The van der Waals surface area contributed by atoms with Gasteiger partial charge in [0.05, 0.1) is 11.5 Å². The van der Waals surface area contributed by atoms with Gasteiger partial charge in [0.15, 0.2) is 0 Å². The minimum atomic E-state index is -4.48. The minimum Gasteiger partial charge on any atom is -0.262 e. The third-order valence-corrected chi connectivity index (χ3v) is 3.23. The lowest BCUT2D eigenvalue weighted by Gasteiger charge is -2.04. The van der Waals surface area contributed by atoms with E-state index in [1.54, 1.807) is 19.1 Å². The van der Waals surface area contributed by atoms with Crippen LogP contribution >= 0.6 is 0 Å². The molecule has 0 aliphatic heterocycles. The Morgan fingerprint density at radius 3 is 2.28 bits per heavy atom. The van der Waals surface area contributed by atoms with Gasteiger partial charge in [0, 0.05) is 6.08 Å². The van der Waals surface area contributed by atoms with E-state index in [1.165, 1.54) is 12.1 Å². The fraction of sp³-hybridized carbons (Fsp3) is 0.273. The highest BCUT2D eigenvalue weighted by Crippen LogP contribution is 2.16. The molecule has 7 heteroatoms. The molecule has 0 unspecified atom stereocenters. The van der Waals surface area contributed by atoms with Crippen LogP contribution in [0, 0.1) is 6.92 Å². The molecule has 3 nitrogen and oxygen atoms in total. The lowest BCUT2D eigenvalue weighted by Crippen LogP contribution is -2.07. The van der Waals surface area contributed by atoms with E-state index < -0.39 is 22.9 Å². The Morgan fingerprint density at radius 2 is 1.78 bits per heavy atom. The smallest absolute Gasteiger partial charge is 0.262 e. The molecule has 0 amide bonds. The van der Waals surface area contributed by atoms with Crippen molar-refractivity contribution in [1.82, 2.24) is 0 Å². The van der Waals surface area contributed by atoms with E-state index in [0.29, 0.717) is 6.08 Å². The fourth-order valence-electron chi connectivity index (χ4n) is 1.08. The molecule has 0 saturated heterocycles. The van der Waals surface area contributed by atoms with Gasteiger partial charge in [-0.05, 0) is 19.1 Å². The van der Waals surface area contributed by atoms with Crippen molar-refractivity contribution < 1.29 is 25.8 Å². The van der Waals surface area contributed by atoms with E-state index in [-0.39, 0.29) is 11.0 Å². The summed E-state index contributed by atoms with van der Waals surface area (Å²) < 4.78 is 62.8. The first-order chi connectivity index (χ1) is 8.21. The Hall–Kier alpha value is -1.34. The number of benzene rings is 1. The lowest BCUT2D eigenvalue weighted by molar-refractivity contribution is -0.0801. The Morgan fingerprint density at radius 1 is 1.22 bits per heavy atom. The maximum absolute atomic E-state index is 11.8. The van der Waals surface area contributed by atoms with Gasteiger partial charge in [0.25, 0.3) is 10.1 Å². The van der Waals surface area contributed by atoms with Crippen molar-refractivity contribution in [2.45, 2.75) is 18.0 Å². The monoisotopic (exact) mass is 280 g/mol. The van der Waals surface area contributed by atoms with Crippen LogP contribution in [0.1, 0.15) is 5.56 Å². The number of aryl methyl sites for hydroxylation is 1. The predicted molar refractivity (Wildman–Crippen MR) is 59.5 cm³/mol. The van der Waals surface area contributed by atoms with Gasteiger partial charge in [0.1, 0.15) is 0 Å². The molecule has 0 bridgehead atoms. The highest BCUT2D eigenvalue weighted by Gasteiger charge is 2.22. The Kier molecular flexibility index (Phi) is 4.53. The minimum absolute atomic E-state index is 0.0718. The molecule has 18 heavy (non-hydrogen) atoms. The summed E-state index contributed by atoms with van der Waals surface area (Å²) in [5, 5.41) is 0. The van der Waals surface area contributed by atoms with Crippen molar-refractivity contribution in [3.05, 3.63) is 42.0 Å². The first-order valence-corrected chi connectivity index (χ1v) is 6.32. The van der Waals surface area contributed by atoms with Gasteiger partial charge in [-0.2, -0.15) is 21.6 Å². The zero-order chi connectivity index (χ0) is 13.8. The number of hydrogen-bond donors (Lipinski definition) is 0. The predicted octanol–water partition coefficient (Wildman–Crippen LogP) is 2.82. The van der Waals surface area contributed by atoms with E-state index >= 15 is 0 Å². The first kappa shape index (κ1) is 14.7. The number of allylic oxidation sites excluding steroid dienone is 1. The third kappa shape index (κ3) is 4.89. The van der Waals surface area contributed by atoms with Gasteiger partial charge in [-0.15, -0.1) is 0 Å². The van der Waals surface area contributed by atoms with Crippen LogP contribution in [-0.4, -0.2) is 21.2 Å². The molecule has 0 heterocycles. The molecule has 1 aromatic rings. The van der Waals surface area contributed by atoms with Crippen molar-refractivity contribution in [2.24, 2.45) is 0 Å². The normalized spacial score (nSPS) is 13.1. The highest BCUT2D eigenvalue weighted by molar-refractivity contribution is 7.86. The van der Waals surface area contributed by atoms with E-state index in [1.807, 2.05) is 0 Å². The van der Waals surface area contributed by atoms with Crippen LogP contribution < -0.4 is 0 Å². The van der Waals surface area contributed by atoms with Crippen LogP contribution in [0.2, 0.25) is 0 Å². The van der Waals surface area contributed by atoms with Crippen LogP contribution in [0.15, 0.2) is 41.3 Å². The molecule has 0 saturated carbocycles. The number of rotatable bonds is 4. The molecule has 0 aromatic heterocycles. The van der Waals surface area contributed by atoms with Crippen LogP contribution in [0.4, 0.5) is 13.2 Å². The van der Waals surface area contributed by atoms with Crippen LogP contribution in [-0.2, 0) is 14.3 Å². The molecular formula is C11H11F3O3S. The second-order valence-corrected chi connectivity index (χ2v) is 5.11. The highest BCUT2D eigenvalue weighted by atomic mass is 32.2. The lowest BCUT2D eigenvalue weighted by atomic mass is 10.2. The van der Waals surface area contributed by atoms with Gasteiger partial charge in [-0.25, -0.2) is 0 Å². The maximum Gasteiger partial charge on any atom is 0.409 e. The summed E-state index contributed by atoms with van der Waals surface area (Å²) in [5.74, 6) is 0. The quantitative estimate of drug-likeness (QED) is 0.629. The van der Waals surface area contributed by atoms with E-state index in [2.05, 4.69) is 4.18 Å². The van der Waals surface area contributed by atoms with Gasteiger partial charge in [0.2, 0.25) is 0 Å². The van der Waals surface area contributed by atoms with E-state index in [0.717, 1.165) is 5.56 Å². The zero-order valence-electron chi connectivity index (χ0n) is 9.44. The maximum atomic E-state index is 11.8. The molecule has 1 rings (SSSR count). The van der Waals surface area contributed by atoms with E-state index in [4.69, 9.17) is 0 Å².